The van der Waals surface area contributed by atoms with Crippen LogP contribution in [0.15, 0.2) is 78.9 Å². The average molecular weight is 480 g/mol. The fourth-order valence-corrected chi connectivity index (χ4v) is 4.51. The van der Waals surface area contributed by atoms with Crippen molar-refractivity contribution in [3.63, 3.8) is 0 Å². The van der Waals surface area contributed by atoms with Gasteiger partial charge >= 0.3 is 5.97 Å². The summed E-state index contributed by atoms with van der Waals surface area (Å²) >= 11 is 0. The number of alkyl halides is 2. The van der Waals surface area contributed by atoms with E-state index in [1.807, 2.05) is 42.5 Å². The first-order valence-corrected chi connectivity index (χ1v) is 11.7. The predicted molar refractivity (Wildman–Crippen MR) is 133 cm³/mol. The van der Waals surface area contributed by atoms with Gasteiger partial charge in [0.05, 0.1) is 13.5 Å². The zero-order valence-corrected chi connectivity index (χ0v) is 20.2. The Morgan fingerprint density at radius 3 is 2.53 bits per heavy atom. The third kappa shape index (κ3) is 5.53. The van der Waals surface area contributed by atoms with Gasteiger partial charge in [0.1, 0.15) is 12.4 Å². The standard InChI is InChI=1S/C28H27F2O3P/c1-18-6-7-22-15-24(12-13-25(22)26(18)16-27(31)32-2)33-17-19-4-3-5-21(14-19)20-8-10-23(11-9-20)28(29,30)34/h3-5,8-15,26H,1,6-7,16-17,34H2,2H3. The Bertz CT molecular complexity index is 1200. The maximum atomic E-state index is 13.5. The number of hydrogen-bond acceptors (Lipinski definition) is 3. The van der Waals surface area contributed by atoms with Gasteiger partial charge in [-0.25, -0.2) is 0 Å². The first kappa shape index (κ1) is 24.1. The number of esters is 1. The van der Waals surface area contributed by atoms with Gasteiger partial charge in [-0.2, -0.15) is 8.78 Å². The predicted octanol–water partition coefficient (Wildman–Crippen LogP) is 7.01. The van der Waals surface area contributed by atoms with Gasteiger partial charge in [0, 0.05) is 11.5 Å². The van der Waals surface area contributed by atoms with Crippen LogP contribution in [-0.2, 0) is 28.2 Å². The van der Waals surface area contributed by atoms with Crippen molar-refractivity contribution in [1.82, 2.24) is 0 Å². The van der Waals surface area contributed by atoms with Crippen molar-refractivity contribution < 1.29 is 23.0 Å². The summed E-state index contributed by atoms with van der Waals surface area (Å²) in [6.45, 7) is 4.53. The van der Waals surface area contributed by atoms with E-state index in [1.54, 1.807) is 21.4 Å². The van der Waals surface area contributed by atoms with Crippen molar-refractivity contribution in [2.24, 2.45) is 0 Å². The molecule has 1 aliphatic rings. The highest BCUT2D eigenvalue weighted by Crippen LogP contribution is 2.39. The second-order valence-electron chi connectivity index (χ2n) is 8.54. The minimum Gasteiger partial charge on any atom is -0.489 e. The van der Waals surface area contributed by atoms with Gasteiger partial charge in [-0.15, -0.1) is 0 Å². The summed E-state index contributed by atoms with van der Waals surface area (Å²) in [5.74, 6) is 0.497. The van der Waals surface area contributed by atoms with E-state index in [-0.39, 0.29) is 17.5 Å². The first-order valence-electron chi connectivity index (χ1n) is 11.1. The second-order valence-corrected chi connectivity index (χ2v) is 9.27. The number of hydrogen-bond donors (Lipinski definition) is 0. The van der Waals surface area contributed by atoms with E-state index in [0.717, 1.165) is 46.4 Å². The summed E-state index contributed by atoms with van der Waals surface area (Å²) in [6, 6.07) is 20.1. The number of carbonyl (C=O) groups is 1. The summed E-state index contributed by atoms with van der Waals surface area (Å²) in [6.07, 6.45) is 2.00. The Hall–Kier alpha value is -3.04. The fourth-order valence-electron chi connectivity index (χ4n) is 4.31. The van der Waals surface area contributed by atoms with Crippen molar-refractivity contribution in [2.45, 2.75) is 37.5 Å². The van der Waals surface area contributed by atoms with E-state index < -0.39 is 5.66 Å². The molecule has 3 nitrogen and oxygen atoms in total. The lowest BCUT2D eigenvalue weighted by atomic mass is 9.78. The molecule has 3 aromatic rings. The van der Waals surface area contributed by atoms with Crippen LogP contribution in [0.3, 0.4) is 0 Å². The molecule has 0 saturated carbocycles. The molecular weight excluding hydrogens is 453 g/mol. The second kappa shape index (κ2) is 10.1. The van der Waals surface area contributed by atoms with Gasteiger partial charge in [0.25, 0.3) is 5.66 Å². The molecule has 0 bridgehead atoms. The lowest BCUT2D eigenvalue weighted by Crippen LogP contribution is -2.16. The molecule has 0 heterocycles. The zero-order valence-electron chi connectivity index (χ0n) is 19.0. The molecule has 6 heteroatoms. The molecule has 176 valence electrons. The van der Waals surface area contributed by atoms with Gasteiger partial charge < -0.3 is 9.47 Å². The van der Waals surface area contributed by atoms with Crippen molar-refractivity contribution in [3.05, 3.63) is 101 Å². The monoisotopic (exact) mass is 480 g/mol. The third-order valence-corrected chi connectivity index (χ3v) is 6.57. The van der Waals surface area contributed by atoms with Crippen molar-refractivity contribution >= 4 is 15.2 Å². The highest BCUT2D eigenvalue weighted by molar-refractivity contribution is 7.17. The Morgan fingerprint density at radius 1 is 1.06 bits per heavy atom. The molecule has 2 atom stereocenters. The van der Waals surface area contributed by atoms with Gasteiger partial charge in [-0.05, 0) is 58.9 Å². The summed E-state index contributed by atoms with van der Waals surface area (Å²) in [4.78, 5) is 11.8. The summed E-state index contributed by atoms with van der Waals surface area (Å²) in [5.41, 5.74) is 3.14. The summed E-state index contributed by atoms with van der Waals surface area (Å²) in [7, 11) is 2.96. The van der Waals surface area contributed by atoms with E-state index >= 15 is 0 Å². The van der Waals surface area contributed by atoms with Crippen LogP contribution in [0.25, 0.3) is 11.1 Å². The molecule has 0 aromatic heterocycles. The Labute approximate surface area is 201 Å². The smallest absolute Gasteiger partial charge is 0.306 e. The number of aryl methyl sites for hydroxylation is 1. The number of rotatable bonds is 7. The van der Waals surface area contributed by atoms with E-state index in [9.17, 15) is 13.6 Å². The maximum Gasteiger partial charge on any atom is 0.306 e. The van der Waals surface area contributed by atoms with Crippen LogP contribution in [-0.4, -0.2) is 13.1 Å². The van der Waals surface area contributed by atoms with E-state index in [0.29, 0.717) is 13.0 Å². The molecular formula is C28H27F2O3P. The molecule has 0 fully saturated rings. The molecule has 0 spiro atoms. The molecule has 0 radical (unpaired) electrons. The minimum atomic E-state index is -2.93. The van der Waals surface area contributed by atoms with Crippen LogP contribution in [0.4, 0.5) is 8.78 Å². The number of carbonyl (C=O) groups excluding carboxylic acids is 1. The lowest BCUT2D eigenvalue weighted by Gasteiger charge is -2.27. The van der Waals surface area contributed by atoms with Gasteiger partial charge in [0.15, 0.2) is 0 Å². The van der Waals surface area contributed by atoms with Crippen LogP contribution in [0, 0.1) is 0 Å². The first-order chi connectivity index (χ1) is 16.2. The Morgan fingerprint density at radius 2 is 1.82 bits per heavy atom. The van der Waals surface area contributed by atoms with Crippen LogP contribution in [0.1, 0.15) is 41.0 Å². The fraction of sp³-hybridized carbons (Fsp3) is 0.250. The zero-order chi connectivity index (χ0) is 24.3. The average Bonchev–Trinajstić information content (AvgIpc) is 2.84. The van der Waals surface area contributed by atoms with Crippen LogP contribution < -0.4 is 4.74 Å². The molecule has 0 amide bonds. The van der Waals surface area contributed by atoms with Crippen molar-refractivity contribution in [2.75, 3.05) is 7.11 Å². The SMILES string of the molecule is C=C1CCc2cc(OCc3cccc(-c4ccc(C(F)(F)P)cc4)c3)ccc2C1CC(=O)OC. The maximum absolute atomic E-state index is 13.5. The van der Waals surface area contributed by atoms with Crippen LogP contribution in [0.5, 0.6) is 5.75 Å². The summed E-state index contributed by atoms with van der Waals surface area (Å²) < 4.78 is 37.8. The molecule has 34 heavy (non-hydrogen) atoms. The number of ether oxygens (including phenoxy) is 2. The van der Waals surface area contributed by atoms with Gasteiger partial charge in [-0.1, -0.05) is 69.9 Å². The van der Waals surface area contributed by atoms with Gasteiger partial charge in [0.2, 0.25) is 0 Å². The molecule has 0 saturated heterocycles. The summed E-state index contributed by atoms with van der Waals surface area (Å²) in [5, 5.41) is 0. The van der Waals surface area contributed by atoms with E-state index in [4.69, 9.17) is 9.47 Å². The largest absolute Gasteiger partial charge is 0.489 e. The van der Waals surface area contributed by atoms with E-state index in [2.05, 4.69) is 6.58 Å². The van der Waals surface area contributed by atoms with Crippen LogP contribution in [0.2, 0.25) is 0 Å². The minimum absolute atomic E-state index is 0.0282. The molecule has 1 aliphatic carbocycles. The Balaban J connectivity index is 1.46. The number of halogens is 2. The van der Waals surface area contributed by atoms with Crippen LogP contribution >= 0.6 is 9.24 Å². The highest BCUT2D eigenvalue weighted by atomic mass is 31.0. The number of allylic oxidation sites excluding steroid dienone is 1. The molecule has 2 unspecified atom stereocenters. The third-order valence-electron chi connectivity index (χ3n) is 6.23. The van der Waals surface area contributed by atoms with Crippen molar-refractivity contribution in [1.29, 1.82) is 0 Å². The van der Waals surface area contributed by atoms with E-state index in [1.165, 1.54) is 24.8 Å². The number of benzene rings is 3. The normalized spacial score (nSPS) is 15.5. The molecule has 0 N–H and O–H groups in total. The highest BCUT2D eigenvalue weighted by Gasteiger charge is 2.26. The lowest BCUT2D eigenvalue weighted by molar-refractivity contribution is -0.140. The molecule has 4 rings (SSSR count). The van der Waals surface area contributed by atoms with Gasteiger partial charge in [-0.3, -0.25) is 4.79 Å². The topological polar surface area (TPSA) is 35.5 Å². The molecule has 3 aromatic carbocycles. The quantitative estimate of drug-likeness (QED) is 0.207. The Kier molecular flexibility index (Phi) is 7.13. The van der Waals surface area contributed by atoms with Crippen molar-refractivity contribution in [3.8, 4) is 16.9 Å². The number of fused-ring (bicyclic) bond motifs is 1. The number of methoxy groups -OCH3 is 1. The molecule has 0 aliphatic heterocycles.